The fourth-order valence-corrected chi connectivity index (χ4v) is 5.18. The summed E-state index contributed by atoms with van der Waals surface area (Å²) in [7, 11) is -4.03. The summed E-state index contributed by atoms with van der Waals surface area (Å²) in [5, 5.41) is 4.42. The summed E-state index contributed by atoms with van der Waals surface area (Å²) in [6.07, 6.45) is 1.52. The van der Waals surface area contributed by atoms with Crippen LogP contribution in [0.5, 0.6) is 0 Å². The molecular weight excluding hydrogens is 496 g/mol. The number of nitrogens with one attached hydrogen (secondary N) is 1. The zero-order chi connectivity index (χ0) is 26.3. The van der Waals surface area contributed by atoms with Gasteiger partial charge in [0.15, 0.2) is 0 Å². The maximum absolute atomic E-state index is 13.5. The lowest BCUT2D eigenvalue weighted by molar-refractivity contribution is -0.119. The molecule has 190 valence electrons. The highest BCUT2D eigenvalue weighted by Crippen LogP contribution is 2.28. The Hall–Kier alpha value is -3.36. The van der Waals surface area contributed by atoms with Gasteiger partial charge in [-0.05, 0) is 75.2 Å². The van der Waals surface area contributed by atoms with Crippen LogP contribution in [0.25, 0.3) is 0 Å². The van der Waals surface area contributed by atoms with Crippen molar-refractivity contribution >= 4 is 45.1 Å². The Morgan fingerprint density at radius 2 is 1.56 bits per heavy atom. The molecule has 0 aliphatic rings. The fourth-order valence-electron chi connectivity index (χ4n) is 3.59. The molecule has 0 heterocycles. The Bertz CT molecular complexity index is 1320. The summed E-state index contributed by atoms with van der Waals surface area (Å²) in [5.41, 5.74) is 6.36. The van der Waals surface area contributed by atoms with Crippen LogP contribution in [0, 0.1) is 13.8 Å². The minimum atomic E-state index is -4.03. The Morgan fingerprint density at radius 3 is 2.14 bits per heavy atom. The van der Waals surface area contributed by atoms with Gasteiger partial charge in [-0.3, -0.25) is 9.10 Å². The number of nitrogens with zero attached hydrogens (tertiary/aromatic N) is 3. The number of carbonyl (C=O) groups excluding carboxylic acids is 1. The number of hydrazone groups is 1. The number of hydrogen-bond donors (Lipinski definition) is 1. The van der Waals surface area contributed by atoms with E-state index in [-0.39, 0.29) is 10.6 Å². The number of rotatable bonds is 10. The van der Waals surface area contributed by atoms with Crippen LogP contribution in [0.1, 0.15) is 30.5 Å². The molecule has 0 saturated carbocycles. The standard InChI is InChI=1S/C27H31ClN4O3S/c1-5-31(6-2)23-13-10-22(11-14-23)18-29-30-27(33)19-32(24-12-9-21(4)26(28)17-24)36(34,35)25-15-7-20(3)8-16-25/h7-18H,5-6,19H2,1-4H3,(H,30,33)/b29-18-. The van der Waals surface area contributed by atoms with Gasteiger partial charge in [-0.2, -0.15) is 5.10 Å². The van der Waals surface area contributed by atoms with Crippen molar-refractivity contribution in [1.82, 2.24) is 5.43 Å². The van der Waals surface area contributed by atoms with E-state index < -0.39 is 22.5 Å². The molecule has 0 saturated heterocycles. The molecule has 3 aromatic carbocycles. The third-order valence-corrected chi connectivity index (χ3v) is 7.96. The van der Waals surface area contributed by atoms with Gasteiger partial charge in [0.2, 0.25) is 0 Å². The van der Waals surface area contributed by atoms with Crippen LogP contribution in [-0.4, -0.2) is 40.2 Å². The summed E-state index contributed by atoms with van der Waals surface area (Å²) in [4.78, 5) is 15.1. The number of anilines is 2. The Morgan fingerprint density at radius 1 is 0.944 bits per heavy atom. The molecule has 0 aromatic heterocycles. The maximum Gasteiger partial charge on any atom is 0.264 e. The average molecular weight is 527 g/mol. The highest BCUT2D eigenvalue weighted by Gasteiger charge is 2.27. The van der Waals surface area contributed by atoms with Crippen molar-refractivity contribution in [3.05, 3.63) is 88.4 Å². The van der Waals surface area contributed by atoms with E-state index in [1.807, 2.05) is 38.1 Å². The van der Waals surface area contributed by atoms with Crippen LogP contribution in [0.4, 0.5) is 11.4 Å². The Kier molecular flexibility index (Phi) is 9.12. The summed E-state index contributed by atoms with van der Waals surface area (Å²) in [6.45, 7) is 9.25. The zero-order valence-electron chi connectivity index (χ0n) is 20.9. The van der Waals surface area contributed by atoms with Gasteiger partial charge in [0, 0.05) is 23.8 Å². The van der Waals surface area contributed by atoms with Gasteiger partial charge < -0.3 is 4.90 Å². The minimum absolute atomic E-state index is 0.0781. The average Bonchev–Trinajstić information content (AvgIpc) is 2.86. The van der Waals surface area contributed by atoms with Gasteiger partial charge in [-0.15, -0.1) is 0 Å². The summed E-state index contributed by atoms with van der Waals surface area (Å²) in [6, 6.07) is 19.1. The monoisotopic (exact) mass is 526 g/mol. The largest absolute Gasteiger partial charge is 0.372 e. The SMILES string of the molecule is CCN(CC)c1ccc(/C=N\NC(=O)CN(c2ccc(C)c(Cl)c2)S(=O)(=O)c2ccc(C)cc2)cc1. The van der Waals surface area contributed by atoms with Crippen LogP contribution in [-0.2, 0) is 14.8 Å². The van der Waals surface area contributed by atoms with E-state index in [1.54, 1.807) is 24.3 Å². The molecule has 0 aliphatic carbocycles. The van der Waals surface area contributed by atoms with E-state index in [9.17, 15) is 13.2 Å². The molecule has 36 heavy (non-hydrogen) atoms. The lowest BCUT2D eigenvalue weighted by atomic mass is 10.2. The first kappa shape index (κ1) is 27.2. The molecule has 7 nitrogen and oxygen atoms in total. The Balaban J connectivity index is 1.79. The molecule has 9 heteroatoms. The molecule has 0 aliphatic heterocycles. The third kappa shape index (κ3) is 6.65. The number of hydrogen-bond acceptors (Lipinski definition) is 5. The molecule has 0 radical (unpaired) electrons. The van der Waals surface area contributed by atoms with E-state index in [1.165, 1.54) is 24.4 Å². The quantitative estimate of drug-likeness (QED) is 0.292. The van der Waals surface area contributed by atoms with Crippen molar-refractivity contribution in [3.8, 4) is 0 Å². The first-order valence-corrected chi connectivity index (χ1v) is 13.5. The molecule has 0 spiro atoms. The molecule has 1 N–H and O–H groups in total. The number of aryl methyl sites for hydroxylation is 2. The van der Waals surface area contributed by atoms with Crippen LogP contribution in [0.2, 0.25) is 5.02 Å². The van der Waals surface area contributed by atoms with Crippen molar-refractivity contribution in [2.24, 2.45) is 5.10 Å². The predicted octanol–water partition coefficient (Wildman–Crippen LogP) is 5.15. The molecule has 0 unspecified atom stereocenters. The van der Waals surface area contributed by atoms with Crippen LogP contribution < -0.4 is 14.6 Å². The van der Waals surface area contributed by atoms with Crippen molar-refractivity contribution in [2.75, 3.05) is 28.8 Å². The normalized spacial score (nSPS) is 11.5. The van der Waals surface area contributed by atoms with E-state index in [0.29, 0.717) is 5.02 Å². The number of amides is 1. The van der Waals surface area contributed by atoms with Gasteiger partial charge in [0.25, 0.3) is 15.9 Å². The summed E-state index contributed by atoms with van der Waals surface area (Å²) in [5.74, 6) is -0.585. The van der Waals surface area contributed by atoms with Gasteiger partial charge in [-0.1, -0.05) is 47.5 Å². The fraction of sp³-hybridized carbons (Fsp3) is 0.259. The molecule has 1 amide bonds. The van der Waals surface area contributed by atoms with Crippen LogP contribution >= 0.6 is 11.6 Å². The highest BCUT2D eigenvalue weighted by atomic mass is 35.5. The van der Waals surface area contributed by atoms with E-state index >= 15 is 0 Å². The van der Waals surface area contributed by atoms with Gasteiger partial charge in [0.05, 0.1) is 16.8 Å². The first-order valence-electron chi connectivity index (χ1n) is 11.7. The van der Waals surface area contributed by atoms with E-state index in [0.717, 1.165) is 39.8 Å². The summed E-state index contributed by atoms with van der Waals surface area (Å²) < 4.78 is 28.0. The number of halogens is 1. The van der Waals surface area contributed by atoms with Crippen molar-refractivity contribution in [1.29, 1.82) is 0 Å². The molecule has 3 aromatic rings. The zero-order valence-corrected chi connectivity index (χ0v) is 22.5. The molecule has 0 fully saturated rings. The molecule has 0 bridgehead atoms. The third-order valence-electron chi connectivity index (χ3n) is 5.76. The lowest BCUT2D eigenvalue weighted by Gasteiger charge is -2.24. The second kappa shape index (κ2) is 12.1. The van der Waals surface area contributed by atoms with E-state index in [4.69, 9.17) is 11.6 Å². The second-order valence-electron chi connectivity index (χ2n) is 8.32. The van der Waals surface area contributed by atoms with Gasteiger partial charge >= 0.3 is 0 Å². The topological polar surface area (TPSA) is 82.1 Å². The Labute approximate surface area is 218 Å². The van der Waals surface area contributed by atoms with Crippen molar-refractivity contribution < 1.29 is 13.2 Å². The smallest absolute Gasteiger partial charge is 0.264 e. The molecular formula is C27H31ClN4O3S. The maximum atomic E-state index is 13.5. The summed E-state index contributed by atoms with van der Waals surface area (Å²) >= 11 is 6.26. The van der Waals surface area contributed by atoms with Crippen LogP contribution in [0.3, 0.4) is 0 Å². The van der Waals surface area contributed by atoms with Crippen molar-refractivity contribution in [2.45, 2.75) is 32.6 Å². The number of carbonyl (C=O) groups is 1. The van der Waals surface area contributed by atoms with Crippen molar-refractivity contribution in [3.63, 3.8) is 0 Å². The minimum Gasteiger partial charge on any atom is -0.372 e. The first-order chi connectivity index (χ1) is 17.1. The number of sulfonamides is 1. The van der Waals surface area contributed by atoms with Gasteiger partial charge in [0.1, 0.15) is 6.54 Å². The second-order valence-corrected chi connectivity index (χ2v) is 10.6. The lowest BCUT2D eigenvalue weighted by Crippen LogP contribution is -2.39. The number of benzene rings is 3. The van der Waals surface area contributed by atoms with Crippen LogP contribution in [0.15, 0.2) is 76.7 Å². The molecule has 0 atom stereocenters. The van der Waals surface area contributed by atoms with E-state index in [2.05, 4.69) is 29.3 Å². The molecule has 3 rings (SSSR count). The predicted molar refractivity (Wildman–Crippen MR) is 148 cm³/mol. The van der Waals surface area contributed by atoms with Gasteiger partial charge in [-0.25, -0.2) is 13.8 Å². The highest BCUT2D eigenvalue weighted by molar-refractivity contribution is 7.92.